The van der Waals surface area contributed by atoms with Gasteiger partial charge in [0.2, 0.25) is 0 Å². The fourth-order valence-electron chi connectivity index (χ4n) is 4.13. The minimum Gasteiger partial charge on any atom is -0.457 e. The van der Waals surface area contributed by atoms with Crippen LogP contribution in [0.1, 0.15) is 116 Å². The van der Waals surface area contributed by atoms with Crippen molar-refractivity contribution in [3.8, 4) is 11.5 Å². The minimum atomic E-state index is 0.0579. The van der Waals surface area contributed by atoms with Crippen molar-refractivity contribution in [3.05, 3.63) is 57.6 Å². The Balaban J connectivity index is 2.78. The van der Waals surface area contributed by atoms with Crippen LogP contribution in [0.25, 0.3) is 0 Å². The van der Waals surface area contributed by atoms with E-state index >= 15 is 0 Å². The Bertz CT molecular complexity index is 869. The normalized spacial score (nSPS) is 13.5. The molecule has 0 N–H and O–H groups in total. The molecule has 0 radical (unpaired) electrons. The first kappa shape index (κ1) is 25.5. The lowest BCUT2D eigenvalue weighted by Crippen LogP contribution is -2.19. The lowest BCUT2D eigenvalue weighted by Gasteiger charge is -2.30. The quantitative estimate of drug-likeness (QED) is 0.468. The molecule has 2 aromatic carbocycles. The van der Waals surface area contributed by atoms with Gasteiger partial charge in [0.1, 0.15) is 11.5 Å². The Morgan fingerprint density at radius 2 is 0.742 bits per heavy atom. The highest BCUT2D eigenvalue weighted by Crippen LogP contribution is 2.42. The van der Waals surface area contributed by atoms with Crippen molar-refractivity contribution in [3.63, 3.8) is 0 Å². The first-order valence-electron chi connectivity index (χ1n) is 11.7. The highest BCUT2D eigenvalue weighted by molar-refractivity contribution is 5.53. The third kappa shape index (κ3) is 5.73. The highest BCUT2D eigenvalue weighted by Gasteiger charge is 2.27. The van der Waals surface area contributed by atoms with E-state index in [1.54, 1.807) is 0 Å². The molecule has 0 saturated carbocycles. The summed E-state index contributed by atoms with van der Waals surface area (Å²) >= 11 is 0. The van der Waals surface area contributed by atoms with Gasteiger partial charge in [-0.15, -0.1) is 0 Å². The fourth-order valence-corrected chi connectivity index (χ4v) is 4.13. The Kier molecular flexibility index (Phi) is 6.57. The molecule has 2 rings (SSSR count). The molecule has 1 nitrogen and oxygen atoms in total. The molecular formula is C30H46O. The summed E-state index contributed by atoms with van der Waals surface area (Å²) in [6.45, 7) is 31.8. The van der Waals surface area contributed by atoms with Gasteiger partial charge in [-0.2, -0.15) is 0 Å². The molecule has 0 aliphatic heterocycles. The number of hydrogen-bond donors (Lipinski definition) is 0. The number of hydrogen-bond acceptors (Lipinski definition) is 1. The van der Waals surface area contributed by atoms with Crippen molar-refractivity contribution >= 4 is 0 Å². The van der Waals surface area contributed by atoms with Crippen LogP contribution in [0.15, 0.2) is 24.3 Å². The summed E-state index contributed by atoms with van der Waals surface area (Å²) in [5.41, 5.74) is 8.06. The van der Waals surface area contributed by atoms with E-state index in [2.05, 4.69) is 121 Å². The van der Waals surface area contributed by atoms with Crippen LogP contribution in [0, 0.1) is 13.8 Å². The lowest BCUT2D eigenvalue weighted by molar-refractivity contribution is 0.457. The zero-order valence-electron chi connectivity index (χ0n) is 22.7. The third-order valence-electron chi connectivity index (χ3n) is 6.29. The smallest absolute Gasteiger partial charge is 0.130 e. The van der Waals surface area contributed by atoms with E-state index in [0.29, 0.717) is 0 Å². The van der Waals surface area contributed by atoms with E-state index < -0.39 is 0 Å². The highest BCUT2D eigenvalue weighted by atomic mass is 16.5. The van der Waals surface area contributed by atoms with Crippen LogP contribution in [0.2, 0.25) is 0 Å². The molecule has 0 aliphatic rings. The van der Waals surface area contributed by atoms with Crippen LogP contribution in [0.3, 0.4) is 0 Å². The average Bonchev–Trinajstić information content (AvgIpc) is 2.53. The predicted molar refractivity (Wildman–Crippen MR) is 137 cm³/mol. The molecule has 0 aromatic heterocycles. The molecule has 2 aromatic rings. The number of rotatable bonds is 2. The van der Waals surface area contributed by atoms with E-state index in [9.17, 15) is 0 Å². The molecule has 31 heavy (non-hydrogen) atoms. The topological polar surface area (TPSA) is 9.23 Å². The van der Waals surface area contributed by atoms with Crippen molar-refractivity contribution in [1.29, 1.82) is 0 Å². The summed E-state index contributed by atoms with van der Waals surface area (Å²) in [6.07, 6.45) is 0. The third-order valence-corrected chi connectivity index (χ3v) is 6.29. The molecule has 0 aliphatic carbocycles. The second kappa shape index (κ2) is 7.98. The van der Waals surface area contributed by atoms with Gasteiger partial charge in [0.15, 0.2) is 0 Å². The van der Waals surface area contributed by atoms with Crippen LogP contribution in [0.5, 0.6) is 11.5 Å². The van der Waals surface area contributed by atoms with Crippen LogP contribution in [-0.2, 0) is 21.7 Å². The van der Waals surface area contributed by atoms with Gasteiger partial charge in [0, 0.05) is 0 Å². The maximum Gasteiger partial charge on any atom is 0.130 e. The summed E-state index contributed by atoms with van der Waals surface area (Å²) in [6, 6.07) is 9.26. The SMILES string of the molecule is Cc1c(Oc2cc(C(C)(C)C)cc(C(C)(C)C)c2C)cc(C(C)(C)C)cc1C(C)(C)C. The maximum atomic E-state index is 6.78. The molecule has 0 saturated heterocycles. The van der Waals surface area contributed by atoms with E-state index in [-0.39, 0.29) is 21.7 Å². The Morgan fingerprint density at radius 1 is 0.452 bits per heavy atom. The Hall–Kier alpha value is -1.76. The number of benzene rings is 2. The van der Waals surface area contributed by atoms with Crippen molar-refractivity contribution < 1.29 is 4.74 Å². The largest absolute Gasteiger partial charge is 0.457 e. The zero-order chi connectivity index (χ0) is 24.2. The summed E-state index contributed by atoms with van der Waals surface area (Å²) in [4.78, 5) is 0. The Morgan fingerprint density at radius 3 is 0.968 bits per heavy atom. The van der Waals surface area contributed by atoms with Gasteiger partial charge in [-0.25, -0.2) is 0 Å². The Labute approximate surface area is 192 Å². The van der Waals surface area contributed by atoms with Gasteiger partial charge in [0.25, 0.3) is 0 Å². The first-order chi connectivity index (χ1) is 13.7. The molecule has 172 valence electrons. The van der Waals surface area contributed by atoms with Crippen molar-refractivity contribution in [2.75, 3.05) is 0 Å². The van der Waals surface area contributed by atoms with Crippen LogP contribution in [-0.4, -0.2) is 0 Å². The second-order valence-electron chi connectivity index (χ2n) is 13.4. The molecule has 0 spiro atoms. The first-order valence-corrected chi connectivity index (χ1v) is 11.7. The minimum absolute atomic E-state index is 0.0579. The standard InChI is InChI=1S/C30H46O/c1-19-23(29(9,10)11)15-21(27(3,4)5)17-25(19)31-26-18-22(28(6,7)8)16-24(20(26)2)30(12,13)14/h15-18H,1-14H3. The maximum absolute atomic E-state index is 6.78. The molecule has 0 bridgehead atoms. The van der Waals surface area contributed by atoms with E-state index in [4.69, 9.17) is 4.74 Å². The van der Waals surface area contributed by atoms with Crippen LogP contribution < -0.4 is 4.74 Å². The van der Waals surface area contributed by atoms with E-state index in [1.807, 2.05) is 0 Å². The van der Waals surface area contributed by atoms with Gasteiger partial charge in [0.05, 0.1) is 0 Å². The zero-order valence-corrected chi connectivity index (χ0v) is 22.7. The van der Waals surface area contributed by atoms with Crippen LogP contribution >= 0.6 is 0 Å². The van der Waals surface area contributed by atoms with Gasteiger partial charge in [-0.1, -0.05) is 95.2 Å². The molecule has 0 unspecified atom stereocenters. The van der Waals surface area contributed by atoms with Gasteiger partial charge in [-0.3, -0.25) is 0 Å². The second-order valence-corrected chi connectivity index (χ2v) is 13.4. The lowest BCUT2D eigenvalue weighted by atomic mass is 9.78. The summed E-state index contributed by atoms with van der Waals surface area (Å²) < 4.78 is 6.78. The van der Waals surface area contributed by atoms with Crippen molar-refractivity contribution in [2.24, 2.45) is 0 Å². The molecule has 0 amide bonds. The fraction of sp³-hybridized carbons (Fsp3) is 0.600. The van der Waals surface area contributed by atoms with Gasteiger partial charge < -0.3 is 4.74 Å². The number of ether oxygens (including phenoxy) is 1. The monoisotopic (exact) mass is 422 g/mol. The summed E-state index contributed by atoms with van der Waals surface area (Å²) in [5.74, 6) is 1.96. The average molecular weight is 423 g/mol. The van der Waals surface area contributed by atoms with Gasteiger partial charge >= 0.3 is 0 Å². The molecule has 0 heterocycles. The van der Waals surface area contributed by atoms with Crippen LogP contribution in [0.4, 0.5) is 0 Å². The summed E-state index contributed by atoms with van der Waals surface area (Å²) in [5, 5.41) is 0. The molecule has 0 fully saturated rings. The van der Waals surface area contributed by atoms with E-state index in [0.717, 1.165) is 11.5 Å². The van der Waals surface area contributed by atoms with E-state index in [1.165, 1.54) is 33.4 Å². The van der Waals surface area contributed by atoms with Gasteiger partial charge in [-0.05, 0) is 81.0 Å². The van der Waals surface area contributed by atoms with Crippen molar-refractivity contribution in [1.82, 2.24) is 0 Å². The van der Waals surface area contributed by atoms with Crippen molar-refractivity contribution in [2.45, 2.75) is 119 Å². The predicted octanol–water partition coefficient (Wildman–Crippen LogP) is 9.29. The summed E-state index contributed by atoms with van der Waals surface area (Å²) in [7, 11) is 0. The molecule has 0 atom stereocenters. The molecule has 1 heteroatoms. The molecular weight excluding hydrogens is 376 g/mol.